The van der Waals surface area contributed by atoms with Gasteiger partial charge in [0.2, 0.25) is 0 Å². The van der Waals surface area contributed by atoms with Crippen LogP contribution in [0.25, 0.3) is 0 Å². The van der Waals surface area contributed by atoms with Gasteiger partial charge in [-0.1, -0.05) is 44.2 Å². The zero-order valence-corrected chi connectivity index (χ0v) is 11.5. The van der Waals surface area contributed by atoms with Gasteiger partial charge in [0.25, 0.3) is 0 Å². The lowest BCUT2D eigenvalue weighted by Gasteiger charge is -2.27. The standard InChI is InChI=1S/C15H23NO2/c1-12(2)9-10-14(16(3)11-15(17)18)13-7-5-4-6-8-13/h4-8,12,14H,9-11H2,1-3H3,(H,17,18). The Labute approximate surface area is 109 Å². The third-order valence-corrected chi connectivity index (χ3v) is 3.12. The van der Waals surface area contributed by atoms with Gasteiger partial charge in [-0.15, -0.1) is 0 Å². The zero-order valence-electron chi connectivity index (χ0n) is 11.5. The number of rotatable bonds is 7. The number of hydrogen-bond acceptors (Lipinski definition) is 2. The molecule has 1 aromatic rings. The second-order valence-electron chi connectivity index (χ2n) is 5.21. The van der Waals surface area contributed by atoms with Crippen molar-refractivity contribution in [3.05, 3.63) is 35.9 Å². The van der Waals surface area contributed by atoms with Crippen LogP contribution in [0, 0.1) is 5.92 Å². The monoisotopic (exact) mass is 249 g/mol. The van der Waals surface area contributed by atoms with Gasteiger partial charge in [-0.25, -0.2) is 0 Å². The van der Waals surface area contributed by atoms with E-state index in [9.17, 15) is 4.79 Å². The van der Waals surface area contributed by atoms with Crippen molar-refractivity contribution in [3.63, 3.8) is 0 Å². The maximum Gasteiger partial charge on any atom is 0.317 e. The molecule has 0 aromatic heterocycles. The Morgan fingerprint density at radius 3 is 2.33 bits per heavy atom. The predicted octanol–water partition coefficient (Wildman–Crippen LogP) is 3.18. The van der Waals surface area contributed by atoms with E-state index >= 15 is 0 Å². The van der Waals surface area contributed by atoms with Gasteiger partial charge in [-0.05, 0) is 31.4 Å². The third kappa shape index (κ3) is 4.88. The normalized spacial score (nSPS) is 12.9. The number of carboxylic acid groups (broad SMARTS) is 1. The minimum Gasteiger partial charge on any atom is -0.480 e. The summed E-state index contributed by atoms with van der Waals surface area (Å²) in [6, 6.07) is 10.3. The van der Waals surface area contributed by atoms with E-state index in [2.05, 4.69) is 26.0 Å². The van der Waals surface area contributed by atoms with Crippen molar-refractivity contribution in [2.75, 3.05) is 13.6 Å². The van der Waals surface area contributed by atoms with Crippen LogP contribution in [0.5, 0.6) is 0 Å². The molecule has 0 saturated heterocycles. The minimum atomic E-state index is -0.775. The van der Waals surface area contributed by atoms with E-state index in [0.29, 0.717) is 5.92 Å². The molecule has 0 aliphatic carbocycles. The number of carbonyl (C=O) groups is 1. The number of carboxylic acids is 1. The molecular formula is C15H23NO2. The van der Waals surface area contributed by atoms with Gasteiger partial charge in [0, 0.05) is 6.04 Å². The molecule has 3 heteroatoms. The smallest absolute Gasteiger partial charge is 0.317 e. The highest BCUT2D eigenvalue weighted by atomic mass is 16.4. The summed E-state index contributed by atoms with van der Waals surface area (Å²) < 4.78 is 0. The summed E-state index contributed by atoms with van der Waals surface area (Å²) in [5, 5.41) is 8.92. The molecule has 1 rings (SSSR count). The van der Waals surface area contributed by atoms with Gasteiger partial charge in [0.05, 0.1) is 6.54 Å². The van der Waals surface area contributed by atoms with Crippen LogP contribution in [0.4, 0.5) is 0 Å². The van der Waals surface area contributed by atoms with Crippen LogP contribution in [0.3, 0.4) is 0 Å². The van der Waals surface area contributed by atoms with Gasteiger partial charge < -0.3 is 5.11 Å². The summed E-state index contributed by atoms with van der Waals surface area (Å²) >= 11 is 0. The van der Waals surface area contributed by atoms with Gasteiger partial charge in [-0.3, -0.25) is 9.69 Å². The van der Waals surface area contributed by atoms with Crippen molar-refractivity contribution < 1.29 is 9.90 Å². The Morgan fingerprint density at radius 2 is 1.83 bits per heavy atom. The molecule has 0 amide bonds. The SMILES string of the molecule is CC(C)CCC(c1ccccc1)N(C)CC(=O)O. The molecule has 1 unspecified atom stereocenters. The second-order valence-corrected chi connectivity index (χ2v) is 5.21. The molecular weight excluding hydrogens is 226 g/mol. The lowest BCUT2D eigenvalue weighted by Crippen LogP contribution is -2.30. The predicted molar refractivity (Wildman–Crippen MR) is 73.5 cm³/mol. The molecule has 0 fully saturated rings. The van der Waals surface area contributed by atoms with Crippen LogP contribution < -0.4 is 0 Å². The van der Waals surface area contributed by atoms with Crippen LogP contribution in [-0.4, -0.2) is 29.6 Å². The van der Waals surface area contributed by atoms with Gasteiger partial charge in [0.15, 0.2) is 0 Å². The van der Waals surface area contributed by atoms with Crippen molar-refractivity contribution in [1.82, 2.24) is 4.90 Å². The van der Waals surface area contributed by atoms with Crippen LogP contribution in [0.2, 0.25) is 0 Å². The summed E-state index contributed by atoms with van der Waals surface area (Å²) in [7, 11) is 1.88. The van der Waals surface area contributed by atoms with Crippen molar-refractivity contribution in [2.24, 2.45) is 5.92 Å². The molecule has 0 aliphatic rings. The van der Waals surface area contributed by atoms with Crippen LogP contribution in [-0.2, 0) is 4.79 Å². The lowest BCUT2D eigenvalue weighted by atomic mass is 9.96. The highest BCUT2D eigenvalue weighted by Crippen LogP contribution is 2.25. The first-order valence-electron chi connectivity index (χ1n) is 6.47. The second kappa shape index (κ2) is 7.17. The molecule has 0 saturated carbocycles. The summed E-state index contributed by atoms with van der Waals surface area (Å²) in [5.74, 6) is -0.141. The topological polar surface area (TPSA) is 40.5 Å². The van der Waals surface area contributed by atoms with E-state index in [4.69, 9.17) is 5.11 Å². The molecule has 1 atom stereocenters. The van der Waals surface area contributed by atoms with Gasteiger partial charge in [0.1, 0.15) is 0 Å². The largest absolute Gasteiger partial charge is 0.480 e. The van der Waals surface area contributed by atoms with E-state index in [0.717, 1.165) is 12.8 Å². The Hall–Kier alpha value is -1.35. The van der Waals surface area contributed by atoms with E-state index in [-0.39, 0.29) is 12.6 Å². The Balaban J connectivity index is 2.77. The van der Waals surface area contributed by atoms with Crippen molar-refractivity contribution in [3.8, 4) is 0 Å². The molecule has 1 N–H and O–H groups in total. The molecule has 0 spiro atoms. The molecule has 0 aliphatic heterocycles. The van der Waals surface area contributed by atoms with Gasteiger partial charge >= 0.3 is 5.97 Å². The van der Waals surface area contributed by atoms with E-state index in [1.807, 2.05) is 30.1 Å². The number of likely N-dealkylation sites (N-methyl/N-ethyl adjacent to an activating group) is 1. The summed E-state index contributed by atoms with van der Waals surface area (Å²) in [5.41, 5.74) is 1.20. The number of nitrogens with zero attached hydrogens (tertiary/aromatic N) is 1. The zero-order chi connectivity index (χ0) is 13.5. The Kier molecular flexibility index (Phi) is 5.86. The van der Waals surface area contributed by atoms with Crippen LogP contribution >= 0.6 is 0 Å². The highest BCUT2D eigenvalue weighted by molar-refractivity contribution is 5.69. The van der Waals surface area contributed by atoms with Crippen molar-refractivity contribution in [2.45, 2.75) is 32.7 Å². The molecule has 100 valence electrons. The molecule has 0 radical (unpaired) electrons. The quantitative estimate of drug-likeness (QED) is 0.807. The molecule has 3 nitrogen and oxygen atoms in total. The third-order valence-electron chi connectivity index (χ3n) is 3.12. The number of benzene rings is 1. The van der Waals surface area contributed by atoms with Crippen molar-refractivity contribution in [1.29, 1.82) is 0 Å². The first-order chi connectivity index (χ1) is 8.50. The lowest BCUT2D eigenvalue weighted by molar-refractivity contribution is -0.138. The fourth-order valence-corrected chi connectivity index (χ4v) is 2.13. The Morgan fingerprint density at radius 1 is 1.22 bits per heavy atom. The minimum absolute atomic E-state index is 0.0810. The van der Waals surface area contributed by atoms with E-state index in [1.165, 1.54) is 5.56 Å². The Bertz CT molecular complexity index is 362. The van der Waals surface area contributed by atoms with Gasteiger partial charge in [-0.2, -0.15) is 0 Å². The maximum atomic E-state index is 10.8. The molecule has 18 heavy (non-hydrogen) atoms. The van der Waals surface area contributed by atoms with E-state index < -0.39 is 5.97 Å². The first-order valence-corrected chi connectivity index (χ1v) is 6.47. The average Bonchev–Trinajstić information content (AvgIpc) is 2.29. The average molecular weight is 249 g/mol. The van der Waals surface area contributed by atoms with Crippen LogP contribution in [0.15, 0.2) is 30.3 Å². The van der Waals surface area contributed by atoms with Crippen LogP contribution in [0.1, 0.15) is 38.3 Å². The number of aliphatic carboxylic acids is 1. The highest BCUT2D eigenvalue weighted by Gasteiger charge is 2.18. The fraction of sp³-hybridized carbons (Fsp3) is 0.533. The summed E-state index contributed by atoms with van der Waals surface area (Å²) in [4.78, 5) is 12.8. The number of hydrogen-bond donors (Lipinski definition) is 1. The fourth-order valence-electron chi connectivity index (χ4n) is 2.13. The maximum absolute atomic E-state index is 10.8. The molecule has 0 heterocycles. The molecule has 0 bridgehead atoms. The van der Waals surface area contributed by atoms with E-state index in [1.54, 1.807) is 0 Å². The first kappa shape index (κ1) is 14.7. The summed E-state index contributed by atoms with van der Waals surface area (Å²) in [6.07, 6.45) is 2.09. The molecule has 1 aromatic carbocycles. The summed E-state index contributed by atoms with van der Waals surface area (Å²) in [6.45, 7) is 4.47. The van der Waals surface area contributed by atoms with Crippen molar-refractivity contribution >= 4 is 5.97 Å².